The van der Waals surface area contributed by atoms with Gasteiger partial charge in [-0.2, -0.15) is 0 Å². The van der Waals surface area contributed by atoms with Crippen LogP contribution in [-0.4, -0.2) is 9.55 Å². The van der Waals surface area contributed by atoms with Gasteiger partial charge in [0, 0.05) is 17.3 Å². The Morgan fingerprint density at radius 2 is 1.83 bits per heavy atom. The molecule has 0 amide bonds. The molecule has 1 heterocycles. The van der Waals surface area contributed by atoms with Crippen LogP contribution in [-0.2, 0) is 0 Å². The van der Waals surface area contributed by atoms with Gasteiger partial charge in [0.2, 0.25) is 0 Å². The number of aromatic amines is 1. The van der Waals surface area contributed by atoms with Gasteiger partial charge < -0.3 is 9.55 Å². The first-order chi connectivity index (χ1) is 8.75. The molecule has 1 aromatic carbocycles. The van der Waals surface area contributed by atoms with Crippen LogP contribution < -0.4 is 0 Å². The summed E-state index contributed by atoms with van der Waals surface area (Å²) in [6.07, 6.45) is 7.07. The molecule has 2 nitrogen and oxygen atoms in total. The van der Waals surface area contributed by atoms with Gasteiger partial charge in [-0.05, 0) is 42.8 Å². The zero-order valence-corrected chi connectivity index (χ0v) is 11.6. The van der Waals surface area contributed by atoms with E-state index < -0.39 is 0 Å². The van der Waals surface area contributed by atoms with Gasteiger partial charge in [-0.1, -0.05) is 36.6 Å². The van der Waals surface area contributed by atoms with Crippen molar-refractivity contribution in [3.8, 4) is 11.3 Å². The fraction of sp³-hybridized carbons (Fsp3) is 0.357. The van der Waals surface area contributed by atoms with Crippen LogP contribution in [0.1, 0.15) is 31.7 Å². The van der Waals surface area contributed by atoms with Crippen molar-refractivity contribution in [2.45, 2.75) is 31.7 Å². The van der Waals surface area contributed by atoms with Crippen LogP contribution in [0.4, 0.5) is 0 Å². The molecule has 4 heteroatoms. The van der Waals surface area contributed by atoms with E-state index in [2.05, 4.69) is 9.55 Å². The third-order valence-corrected chi connectivity index (χ3v) is 4.21. The van der Waals surface area contributed by atoms with Crippen molar-refractivity contribution in [2.24, 2.45) is 0 Å². The molecule has 0 saturated heterocycles. The lowest BCUT2D eigenvalue weighted by Gasteiger charge is -2.15. The smallest absolute Gasteiger partial charge is 0.177 e. The summed E-state index contributed by atoms with van der Waals surface area (Å²) in [7, 11) is 0. The monoisotopic (exact) mass is 278 g/mol. The van der Waals surface area contributed by atoms with E-state index in [9.17, 15) is 0 Å². The van der Waals surface area contributed by atoms with E-state index >= 15 is 0 Å². The summed E-state index contributed by atoms with van der Waals surface area (Å²) in [5.41, 5.74) is 2.34. The van der Waals surface area contributed by atoms with E-state index in [4.69, 9.17) is 23.8 Å². The fourth-order valence-electron chi connectivity index (χ4n) is 2.75. The predicted octanol–water partition coefficient (Wildman–Crippen LogP) is 4.98. The Hall–Kier alpha value is -1.06. The molecule has 0 radical (unpaired) electrons. The lowest BCUT2D eigenvalue weighted by atomic mass is 10.1. The van der Waals surface area contributed by atoms with Crippen molar-refractivity contribution < 1.29 is 0 Å². The predicted molar refractivity (Wildman–Crippen MR) is 77.6 cm³/mol. The minimum absolute atomic E-state index is 0.550. The summed E-state index contributed by atoms with van der Waals surface area (Å²) in [4.78, 5) is 3.17. The van der Waals surface area contributed by atoms with E-state index in [1.54, 1.807) is 0 Å². The van der Waals surface area contributed by atoms with E-state index in [0.29, 0.717) is 6.04 Å². The van der Waals surface area contributed by atoms with Crippen LogP contribution >= 0.6 is 23.8 Å². The van der Waals surface area contributed by atoms with Crippen molar-refractivity contribution >= 4 is 23.8 Å². The standard InChI is InChI=1S/C14H15ClN2S/c15-11-7-5-10(6-8-11)13-9-16-14(18)17(13)12-3-1-2-4-12/h5-9,12H,1-4H2,(H,16,18). The maximum absolute atomic E-state index is 5.94. The Balaban J connectivity index is 2.06. The van der Waals surface area contributed by atoms with E-state index in [1.807, 2.05) is 30.5 Å². The van der Waals surface area contributed by atoms with Crippen LogP contribution in [0, 0.1) is 4.77 Å². The van der Waals surface area contributed by atoms with Crippen molar-refractivity contribution in [1.82, 2.24) is 9.55 Å². The molecule has 0 spiro atoms. The summed E-state index contributed by atoms with van der Waals surface area (Å²) < 4.78 is 3.10. The molecule has 0 aliphatic heterocycles. The first-order valence-corrected chi connectivity index (χ1v) is 7.10. The second kappa shape index (κ2) is 4.90. The van der Waals surface area contributed by atoms with Crippen molar-refractivity contribution in [1.29, 1.82) is 0 Å². The number of nitrogens with one attached hydrogen (secondary N) is 1. The first kappa shape index (κ1) is 12.0. The van der Waals surface area contributed by atoms with E-state index in [1.165, 1.54) is 36.9 Å². The number of H-pyrrole nitrogens is 1. The highest BCUT2D eigenvalue weighted by molar-refractivity contribution is 7.71. The van der Waals surface area contributed by atoms with Crippen molar-refractivity contribution in [3.05, 3.63) is 40.3 Å². The maximum Gasteiger partial charge on any atom is 0.177 e. The van der Waals surface area contributed by atoms with E-state index in [0.717, 1.165) is 9.79 Å². The third-order valence-electron chi connectivity index (χ3n) is 3.64. The van der Waals surface area contributed by atoms with Crippen LogP contribution in [0.3, 0.4) is 0 Å². The largest absolute Gasteiger partial charge is 0.337 e. The van der Waals surface area contributed by atoms with Gasteiger partial charge in [0.15, 0.2) is 4.77 Å². The molecule has 0 bridgehead atoms. The molecular formula is C14H15ClN2S. The van der Waals surface area contributed by atoms with Gasteiger partial charge in [-0.3, -0.25) is 0 Å². The normalized spacial score (nSPS) is 16.3. The van der Waals surface area contributed by atoms with Crippen LogP contribution in [0.2, 0.25) is 5.02 Å². The molecule has 1 aliphatic carbocycles. The molecule has 1 aliphatic rings. The SMILES string of the molecule is S=c1[nH]cc(-c2ccc(Cl)cc2)n1C1CCCC1. The van der Waals surface area contributed by atoms with Crippen LogP contribution in [0.5, 0.6) is 0 Å². The van der Waals surface area contributed by atoms with Crippen LogP contribution in [0.15, 0.2) is 30.5 Å². The second-order valence-corrected chi connectivity index (χ2v) is 5.62. The average Bonchev–Trinajstić information content (AvgIpc) is 2.99. The molecular weight excluding hydrogens is 264 g/mol. The quantitative estimate of drug-likeness (QED) is 0.768. The molecule has 0 atom stereocenters. The molecule has 1 fully saturated rings. The Kier molecular flexibility index (Phi) is 3.27. The molecule has 3 rings (SSSR count). The van der Waals surface area contributed by atoms with Crippen LogP contribution in [0.25, 0.3) is 11.3 Å². The number of halogens is 1. The molecule has 1 saturated carbocycles. The zero-order valence-electron chi connectivity index (χ0n) is 10.0. The molecule has 94 valence electrons. The highest BCUT2D eigenvalue weighted by Gasteiger charge is 2.20. The van der Waals surface area contributed by atoms with Gasteiger partial charge in [-0.15, -0.1) is 0 Å². The number of benzene rings is 1. The van der Waals surface area contributed by atoms with Crippen molar-refractivity contribution in [3.63, 3.8) is 0 Å². The first-order valence-electron chi connectivity index (χ1n) is 6.31. The Morgan fingerprint density at radius 1 is 1.17 bits per heavy atom. The summed E-state index contributed by atoms with van der Waals surface area (Å²) >= 11 is 11.4. The molecule has 1 aromatic heterocycles. The number of imidazole rings is 1. The summed E-state index contributed by atoms with van der Waals surface area (Å²) in [5, 5.41) is 0.764. The zero-order chi connectivity index (χ0) is 12.5. The lowest BCUT2D eigenvalue weighted by molar-refractivity contribution is 0.517. The summed E-state index contributed by atoms with van der Waals surface area (Å²) in [5.74, 6) is 0. The number of rotatable bonds is 2. The lowest BCUT2D eigenvalue weighted by Crippen LogP contribution is -2.06. The molecule has 1 N–H and O–H groups in total. The molecule has 2 aromatic rings. The maximum atomic E-state index is 5.94. The summed E-state index contributed by atoms with van der Waals surface area (Å²) in [6, 6.07) is 8.49. The van der Waals surface area contributed by atoms with Gasteiger partial charge in [0.1, 0.15) is 0 Å². The average molecular weight is 279 g/mol. The van der Waals surface area contributed by atoms with Crippen molar-refractivity contribution in [2.75, 3.05) is 0 Å². The fourth-order valence-corrected chi connectivity index (χ4v) is 3.18. The minimum Gasteiger partial charge on any atom is -0.337 e. The number of nitrogens with zero attached hydrogens (tertiary/aromatic N) is 1. The molecule has 0 unspecified atom stereocenters. The highest BCUT2D eigenvalue weighted by Crippen LogP contribution is 2.34. The van der Waals surface area contributed by atoms with Gasteiger partial charge in [-0.25, -0.2) is 0 Å². The third kappa shape index (κ3) is 2.13. The Morgan fingerprint density at radius 3 is 2.50 bits per heavy atom. The second-order valence-electron chi connectivity index (χ2n) is 4.79. The topological polar surface area (TPSA) is 20.7 Å². The number of hydrogen-bond donors (Lipinski definition) is 1. The number of aromatic nitrogens is 2. The van der Waals surface area contributed by atoms with E-state index in [-0.39, 0.29) is 0 Å². The van der Waals surface area contributed by atoms with Gasteiger partial charge >= 0.3 is 0 Å². The number of hydrogen-bond acceptors (Lipinski definition) is 1. The minimum atomic E-state index is 0.550. The highest BCUT2D eigenvalue weighted by atomic mass is 35.5. The summed E-state index contributed by atoms with van der Waals surface area (Å²) in [6.45, 7) is 0. The van der Waals surface area contributed by atoms with Gasteiger partial charge in [0.25, 0.3) is 0 Å². The Labute approximate surface area is 117 Å². The Bertz CT molecular complexity index is 591. The molecule has 18 heavy (non-hydrogen) atoms. The van der Waals surface area contributed by atoms with Gasteiger partial charge in [0.05, 0.1) is 5.69 Å².